The molecule has 5 nitrogen and oxygen atoms in total. The number of fused-ring (bicyclic) bond motifs is 2. The van der Waals surface area contributed by atoms with Crippen molar-refractivity contribution in [3.05, 3.63) is 53.5 Å². The highest BCUT2D eigenvalue weighted by molar-refractivity contribution is 5.94. The molecule has 4 aromatic rings. The number of halogens is 4. The van der Waals surface area contributed by atoms with Gasteiger partial charge in [0, 0.05) is 23.2 Å². The Morgan fingerprint density at radius 2 is 1.96 bits per heavy atom. The van der Waals surface area contributed by atoms with Gasteiger partial charge in [-0.3, -0.25) is 0 Å². The van der Waals surface area contributed by atoms with Gasteiger partial charge in [-0.2, -0.15) is 13.2 Å². The summed E-state index contributed by atoms with van der Waals surface area (Å²) in [6, 6.07) is 7.18. The highest BCUT2D eigenvalue weighted by Gasteiger charge is 2.35. The molecule has 0 bridgehead atoms. The van der Waals surface area contributed by atoms with Crippen molar-refractivity contribution in [1.29, 1.82) is 0 Å². The fraction of sp³-hybridized carbons (Fsp3) is 0.118. The summed E-state index contributed by atoms with van der Waals surface area (Å²) in [5.41, 5.74) is 1.19. The van der Waals surface area contributed by atoms with Crippen molar-refractivity contribution in [3.8, 4) is 0 Å². The van der Waals surface area contributed by atoms with Gasteiger partial charge in [-0.1, -0.05) is 11.6 Å². The van der Waals surface area contributed by atoms with Crippen molar-refractivity contribution in [2.45, 2.75) is 13.1 Å². The molecule has 0 atom stereocenters. The van der Waals surface area contributed by atoms with Gasteiger partial charge >= 0.3 is 6.18 Å². The van der Waals surface area contributed by atoms with E-state index in [0.29, 0.717) is 11.8 Å². The number of nitrogens with zero attached hydrogens (tertiary/aromatic N) is 2. The van der Waals surface area contributed by atoms with Crippen LogP contribution in [0.25, 0.3) is 21.9 Å². The summed E-state index contributed by atoms with van der Waals surface area (Å²) in [5.74, 6) is 4.59. The molecule has 134 valence electrons. The van der Waals surface area contributed by atoms with Crippen LogP contribution in [0.1, 0.15) is 11.1 Å². The van der Waals surface area contributed by atoms with Crippen molar-refractivity contribution in [2.24, 2.45) is 0 Å². The first-order valence-corrected chi connectivity index (χ1v) is 7.63. The second-order valence-corrected chi connectivity index (χ2v) is 6.00. The lowest BCUT2D eigenvalue weighted by Crippen LogP contribution is -2.12. The number of alkyl halides is 3. The fourth-order valence-electron chi connectivity index (χ4n) is 2.88. The number of H-pyrrole nitrogens is 1. The van der Waals surface area contributed by atoms with Crippen LogP contribution < -0.4 is 11.2 Å². The molecule has 0 saturated heterocycles. The molecule has 2 heterocycles. The summed E-state index contributed by atoms with van der Waals surface area (Å²) >= 11 is 0. The molecule has 4 N–H and O–H groups in total. The number of anilines is 2. The number of nitrogen functional groups attached to an aromatic ring is 1. The highest BCUT2D eigenvalue weighted by atomic mass is 19.4. The van der Waals surface area contributed by atoms with Crippen LogP contribution in [-0.4, -0.2) is 14.6 Å². The SMILES string of the molecule is Cc1ccc2[nH]cc(Nc3nc4cc(C(F)(F)F)c(F)cc4n3N)c2c1. The van der Waals surface area contributed by atoms with Crippen molar-refractivity contribution in [2.75, 3.05) is 11.2 Å². The van der Waals surface area contributed by atoms with Crippen LogP contribution in [0.5, 0.6) is 0 Å². The number of nitrogens with two attached hydrogens (primary N) is 1. The maximum atomic E-state index is 13.8. The van der Waals surface area contributed by atoms with Gasteiger partial charge in [0.05, 0.1) is 22.3 Å². The maximum absolute atomic E-state index is 13.8. The molecule has 0 saturated carbocycles. The number of aromatic amines is 1. The Balaban J connectivity index is 1.81. The fourth-order valence-corrected chi connectivity index (χ4v) is 2.88. The lowest BCUT2D eigenvalue weighted by molar-refractivity contribution is -0.139. The molecular weight excluding hydrogens is 350 g/mol. The lowest BCUT2D eigenvalue weighted by Gasteiger charge is -2.07. The third-order valence-corrected chi connectivity index (χ3v) is 4.17. The number of imidazole rings is 1. The minimum atomic E-state index is -4.81. The second kappa shape index (κ2) is 5.38. The van der Waals surface area contributed by atoms with E-state index in [-0.39, 0.29) is 17.0 Å². The van der Waals surface area contributed by atoms with E-state index in [1.807, 2.05) is 25.1 Å². The van der Waals surface area contributed by atoms with Crippen molar-refractivity contribution in [1.82, 2.24) is 14.6 Å². The lowest BCUT2D eigenvalue weighted by atomic mass is 10.1. The largest absolute Gasteiger partial charge is 0.419 e. The van der Waals surface area contributed by atoms with Crippen LogP contribution in [0.3, 0.4) is 0 Å². The molecular formula is C17H13F4N5. The molecule has 26 heavy (non-hydrogen) atoms. The zero-order valence-corrected chi connectivity index (χ0v) is 13.4. The van der Waals surface area contributed by atoms with Crippen LogP contribution in [0.2, 0.25) is 0 Å². The summed E-state index contributed by atoms with van der Waals surface area (Å²) in [7, 11) is 0. The Morgan fingerprint density at radius 3 is 2.69 bits per heavy atom. The number of hydrogen-bond donors (Lipinski definition) is 3. The van der Waals surface area contributed by atoms with Gasteiger partial charge in [0.1, 0.15) is 5.82 Å². The van der Waals surface area contributed by atoms with Gasteiger partial charge in [-0.05, 0) is 25.1 Å². The van der Waals surface area contributed by atoms with E-state index in [2.05, 4.69) is 15.3 Å². The van der Waals surface area contributed by atoms with E-state index in [1.165, 1.54) is 0 Å². The smallest absolute Gasteiger partial charge is 0.359 e. The number of nitrogens with one attached hydrogen (secondary N) is 2. The molecule has 2 aromatic carbocycles. The number of aryl methyl sites for hydroxylation is 1. The predicted molar refractivity (Wildman–Crippen MR) is 91.2 cm³/mol. The topological polar surface area (TPSA) is 71.7 Å². The van der Waals surface area contributed by atoms with E-state index < -0.39 is 17.6 Å². The minimum Gasteiger partial charge on any atom is -0.359 e. The van der Waals surface area contributed by atoms with Crippen LogP contribution in [-0.2, 0) is 6.18 Å². The molecule has 0 unspecified atom stereocenters. The van der Waals surface area contributed by atoms with Crippen molar-refractivity contribution >= 4 is 33.6 Å². The van der Waals surface area contributed by atoms with Crippen molar-refractivity contribution in [3.63, 3.8) is 0 Å². The number of aromatic nitrogens is 3. The van der Waals surface area contributed by atoms with Gasteiger partial charge in [-0.25, -0.2) is 14.1 Å². The minimum absolute atomic E-state index is 0.0500. The predicted octanol–water partition coefficient (Wildman–Crippen LogP) is 4.44. The number of hydrogen-bond acceptors (Lipinski definition) is 3. The Hall–Kier alpha value is -3.23. The standard InChI is InChI=1S/C17H13F4N5/c1-8-2-3-12-9(4-8)14(7-23-12)25-16-24-13-5-10(17(19,20)21)11(18)6-15(13)26(16)22/h2-7,23H,22H2,1H3,(H,24,25). The van der Waals surface area contributed by atoms with Crippen molar-refractivity contribution < 1.29 is 17.6 Å². The first-order chi connectivity index (χ1) is 12.2. The van der Waals surface area contributed by atoms with E-state index in [4.69, 9.17) is 5.84 Å². The first-order valence-electron chi connectivity index (χ1n) is 7.63. The molecule has 4 rings (SSSR count). The quantitative estimate of drug-likeness (QED) is 0.364. The van der Waals surface area contributed by atoms with E-state index >= 15 is 0 Å². The third-order valence-electron chi connectivity index (χ3n) is 4.17. The average molecular weight is 363 g/mol. The van der Waals surface area contributed by atoms with Gasteiger partial charge in [-0.15, -0.1) is 0 Å². The summed E-state index contributed by atoms with van der Waals surface area (Å²) in [6.07, 6.45) is -3.11. The highest BCUT2D eigenvalue weighted by Crippen LogP contribution is 2.34. The zero-order chi connectivity index (χ0) is 18.6. The third kappa shape index (κ3) is 2.52. The normalized spacial score (nSPS) is 12.2. The van der Waals surface area contributed by atoms with Gasteiger partial charge < -0.3 is 16.1 Å². The summed E-state index contributed by atoms with van der Waals surface area (Å²) in [5, 5.41) is 3.86. The Bertz CT molecular complexity index is 1140. The first kappa shape index (κ1) is 16.2. The number of benzene rings is 2. The molecule has 0 spiro atoms. The van der Waals surface area contributed by atoms with Gasteiger partial charge in [0.2, 0.25) is 5.95 Å². The molecule has 2 aromatic heterocycles. The molecule has 0 aliphatic heterocycles. The summed E-state index contributed by atoms with van der Waals surface area (Å²) < 4.78 is 53.4. The van der Waals surface area contributed by atoms with Gasteiger partial charge in [0.15, 0.2) is 0 Å². The Labute approximate surface area is 144 Å². The van der Waals surface area contributed by atoms with Crippen LogP contribution in [0, 0.1) is 12.7 Å². The van der Waals surface area contributed by atoms with E-state index in [0.717, 1.165) is 27.2 Å². The average Bonchev–Trinajstić information content (AvgIpc) is 3.08. The zero-order valence-electron chi connectivity index (χ0n) is 13.4. The van der Waals surface area contributed by atoms with E-state index in [9.17, 15) is 17.6 Å². The van der Waals surface area contributed by atoms with Crippen LogP contribution in [0.4, 0.5) is 29.2 Å². The molecule has 0 amide bonds. The van der Waals surface area contributed by atoms with E-state index in [1.54, 1.807) is 6.20 Å². The Kier molecular flexibility index (Phi) is 3.36. The van der Waals surface area contributed by atoms with Crippen LogP contribution >= 0.6 is 0 Å². The second-order valence-electron chi connectivity index (χ2n) is 6.00. The van der Waals surface area contributed by atoms with Crippen LogP contribution in [0.15, 0.2) is 36.5 Å². The monoisotopic (exact) mass is 363 g/mol. The molecule has 0 aliphatic carbocycles. The molecule has 0 aliphatic rings. The summed E-state index contributed by atoms with van der Waals surface area (Å²) in [6.45, 7) is 1.94. The molecule has 0 radical (unpaired) electrons. The molecule has 9 heteroatoms. The number of rotatable bonds is 2. The Morgan fingerprint density at radius 1 is 1.19 bits per heavy atom. The van der Waals surface area contributed by atoms with Gasteiger partial charge in [0.25, 0.3) is 0 Å². The molecule has 0 fully saturated rings. The maximum Gasteiger partial charge on any atom is 0.419 e. The summed E-state index contributed by atoms with van der Waals surface area (Å²) in [4.78, 5) is 7.16.